The van der Waals surface area contributed by atoms with E-state index in [1.165, 1.54) is 19.1 Å². The van der Waals surface area contributed by atoms with Gasteiger partial charge in [-0.1, -0.05) is 12.1 Å². The molecule has 1 aromatic carbocycles. The number of hydrogen-bond donors (Lipinski definition) is 2. The molecule has 20 heavy (non-hydrogen) atoms. The Bertz CT molecular complexity index is 459. The maximum absolute atomic E-state index is 13.0. The topological polar surface area (TPSA) is 58.6 Å². The van der Waals surface area contributed by atoms with Gasteiger partial charge in [0.1, 0.15) is 0 Å². The van der Waals surface area contributed by atoms with E-state index < -0.39 is 23.3 Å². The first kappa shape index (κ1) is 16.3. The molecular formula is C13H16F3NO3. The molecule has 1 aromatic rings. The quantitative estimate of drug-likeness (QED) is 0.818. The molecule has 0 aromatic heterocycles. The van der Waals surface area contributed by atoms with Gasteiger partial charge in [0.2, 0.25) is 0 Å². The number of halogens is 3. The third-order valence-electron chi connectivity index (χ3n) is 2.66. The predicted octanol–water partition coefficient (Wildman–Crippen LogP) is 2.43. The highest BCUT2D eigenvalue weighted by Gasteiger charge is 2.62. The molecule has 0 aliphatic carbocycles. The van der Waals surface area contributed by atoms with E-state index in [-0.39, 0.29) is 6.61 Å². The summed E-state index contributed by atoms with van der Waals surface area (Å²) in [6.45, 7) is 3.54. The summed E-state index contributed by atoms with van der Waals surface area (Å²) in [4.78, 5) is 11.5. The van der Waals surface area contributed by atoms with Crippen LogP contribution in [0.2, 0.25) is 0 Å². The first-order valence-electron chi connectivity index (χ1n) is 6.08. The molecule has 0 amide bonds. The average Bonchev–Trinajstić information content (AvgIpc) is 2.38. The molecule has 0 aliphatic rings. The summed E-state index contributed by atoms with van der Waals surface area (Å²) in [7, 11) is 0. The highest BCUT2D eigenvalue weighted by atomic mass is 19.4. The smallest absolute Gasteiger partial charge is 0.432 e. The third-order valence-corrected chi connectivity index (χ3v) is 2.66. The first-order chi connectivity index (χ1) is 9.27. The predicted molar refractivity (Wildman–Crippen MR) is 67.2 cm³/mol. The Morgan fingerprint density at radius 2 is 1.80 bits per heavy atom. The maximum Gasteiger partial charge on any atom is 0.432 e. The van der Waals surface area contributed by atoms with Crippen LogP contribution < -0.4 is 5.32 Å². The van der Waals surface area contributed by atoms with Crippen LogP contribution in [0.15, 0.2) is 24.3 Å². The summed E-state index contributed by atoms with van der Waals surface area (Å²) in [6, 6.07) is 4.80. The van der Waals surface area contributed by atoms with Crippen molar-refractivity contribution >= 4 is 11.7 Å². The summed E-state index contributed by atoms with van der Waals surface area (Å²) in [5, 5.41) is 12.7. The minimum atomic E-state index is -5.17. The summed E-state index contributed by atoms with van der Waals surface area (Å²) in [5.74, 6) is -1.73. The van der Waals surface area contributed by atoms with Crippen LogP contribution in [0.4, 0.5) is 18.9 Å². The zero-order chi connectivity index (χ0) is 15.4. The van der Waals surface area contributed by atoms with Crippen LogP contribution in [0.1, 0.15) is 19.4 Å². The first-order valence-corrected chi connectivity index (χ1v) is 6.08. The fraction of sp³-hybridized carbons (Fsp3) is 0.462. The number of ether oxygens (including phenoxy) is 1. The molecule has 0 radical (unpaired) electrons. The number of carbonyl (C=O) groups excluding carboxylic acids is 1. The number of nitrogens with one attached hydrogen (secondary N) is 1. The Morgan fingerprint density at radius 1 is 1.25 bits per heavy atom. The van der Waals surface area contributed by atoms with Gasteiger partial charge in [0.05, 0.1) is 6.61 Å². The Labute approximate surface area is 114 Å². The van der Waals surface area contributed by atoms with Gasteiger partial charge in [-0.25, -0.2) is 4.79 Å². The van der Waals surface area contributed by atoms with Crippen molar-refractivity contribution in [2.24, 2.45) is 0 Å². The molecule has 0 spiro atoms. The third kappa shape index (κ3) is 3.04. The number of alkyl halides is 3. The molecule has 0 fully saturated rings. The van der Waals surface area contributed by atoms with E-state index in [1.807, 2.05) is 6.92 Å². The molecule has 0 saturated heterocycles. The molecule has 4 nitrogen and oxygen atoms in total. The second-order valence-corrected chi connectivity index (χ2v) is 4.04. The summed E-state index contributed by atoms with van der Waals surface area (Å²) in [6.07, 6.45) is -5.17. The van der Waals surface area contributed by atoms with Crippen molar-refractivity contribution in [3.63, 3.8) is 0 Å². The molecular weight excluding hydrogens is 275 g/mol. The van der Waals surface area contributed by atoms with Crippen molar-refractivity contribution in [2.45, 2.75) is 25.6 Å². The number of benzene rings is 1. The molecule has 0 aliphatic heterocycles. The second kappa shape index (κ2) is 6.13. The molecule has 0 bridgehead atoms. The molecule has 1 rings (SSSR count). The van der Waals surface area contributed by atoms with E-state index in [0.717, 1.165) is 12.1 Å². The molecule has 2 N–H and O–H groups in total. The molecule has 0 saturated carbocycles. The Hall–Kier alpha value is -1.76. The van der Waals surface area contributed by atoms with E-state index in [0.29, 0.717) is 12.2 Å². The van der Waals surface area contributed by atoms with Crippen LogP contribution in [-0.4, -0.2) is 30.4 Å². The van der Waals surface area contributed by atoms with Crippen molar-refractivity contribution in [1.29, 1.82) is 0 Å². The number of carbonyl (C=O) groups is 1. The van der Waals surface area contributed by atoms with E-state index in [2.05, 4.69) is 10.1 Å². The number of esters is 1. The van der Waals surface area contributed by atoms with Gasteiger partial charge in [-0.3, -0.25) is 0 Å². The molecule has 112 valence electrons. The highest BCUT2D eigenvalue weighted by Crippen LogP contribution is 2.40. The largest absolute Gasteiger partial charge is 0.463 e. The van der Waals surface area contributed by atoms with Crippen LogP contribution in [0, 0.1) is 0 Å². The summed E-state index contributed by atoms with van der Waals surface area (Å²) < 4.78 is 43.5. The number of hydrogen-bond acceptors (Lipinski definition) is 4. The molecule has 0 heterocycles. The lowest BCUT2D eigenvalue weighted by molar-refractivity contribution is -0.267. The highest BCUT2D eigenvalue weighted by molar-refractivity contribution is 5.82. The van der Waals surface area contributed by atoms with Crippen molar-refractivity contribution in [1.82, 2.24) is 0 Å². The van der Waals surface area contributed by atoms with E-state index in [1.54, 1.807) is 0 Å². The minimum Gasteiger partial charge on any atom is -0.463 e. The van der Waals surface area contributed by atoms with Gasteiger partial charge < -0.3 is 15.2 Å². The van der Waals surface area contributed by atoms with Gasteiger partial charge in [-0.05, 0) is 26.0 Å². The van der Waals surface area contributed by atoms with Crippen molar-refractivity contribution in [3.05, 3.63) is 29.8 Å². The summed E-state index contributed by atoms with van der Waals surface area (Å²) >= 11 is 0. The van der Waals surface area contributed by atoms with Gasteiger partial charge in [0.25, 0.3) is 5.60 Å². The standard InChI is InChI=1S/C13H16F3NO3/c1-3-17-10-7-5-9(6-8-10)12(19,13(14,15)16)11(18)20-4-2/h5-8,17,19H,3-4H2,1-2H3/t12-/m1/s1. The second-order valence-electron chi connectivity index (χ2n) is 4.04. The maximum atomic E-state index is 13.0. The summed E-state index contributed by atoms with van der Waals surface area (Å²) in [5.41, 5.74) is -3.65. The minimum absolute atomic E-state index is 0.257. The van der Waals surface area contributed by atoms with Crippen LogP contribution in [0.25, 0.3) is 0 Å². The monoisotopic (exact) mass is 291 g/mol. The van der Waals surface area contributed by atoms with Crippen LogP contribution >= 0.6 is 0 Å². The number of rotatable bonds is 5. The molecule has 1 atom stereocenters. The molecule has 0 unspecified atom stereocenters. The van der Waals surface area contributed by atoms with Gasteiger partial charge in [-0.15, -0.1) is 0 Å². The lowest BCUT2D eigenvalue weighted by Crippen LogP contribution is -2.50. The number of anilines is 1. The van der Waals surface area contributed by atoms with Crippen LogP contribution in [0.5, 0.6) is 0 Å². The zero-order valence-corrected chi connectivity index (χ0v) is 11.1. The Morgan fingerprint density at radius 3 is 2.20 bits per heavy atom. The van der Waals surface area contributed by atoms with E-state index in [4.69, 9.17) is 0 Å². The zero-order valence-electron chi connectivity index (χ0n) is 11.1. The number of aliphatic hydroxyl groups is 1. The van der Waals surface area contributed by atoms with Gasteiger partial charge in [-0.2, -0.15) is 13.2 Å². The van der Waals surface area contributed by atoms with Crippen LogP contribution in [-0.2, 0) is 15.1 Å². The Kier molecular flexibility index (Phi) is 4.99. The van der Waals surface area contributed by atoms with E-state index >= 15 is 0 Å². The van der Waals surface area contributed by atoms with E-state index in [9.17, 15) is 23.1 Å². The normalized spacial score (nSPS) is 14.5. The van der Waals surface area contributed by atoms with Crippen molar-refractivity contribution in [3.8, 4) is 0 Å². The van der Waals surface area contributed by atoms with Gasteiger partial charge >= 0.3 is 12.1 Å². The SMILES string of the molecule is CCNc1ccc([C@@](O)(C(=O)OCC)C(F)(F)F)cc1. The van der Waals surface area contributed by atoms with Gasteiger partial charge in [0, 0.05) is 17.8 Å². The average molecular weight is 291 g/mol. The van der Waals surface area contributed by atoms with Crippen molar-refractivity contribution < 1.29 is 27.8 Å². The fourth-order valence-electron chi connectivity index (χ4n) is 1.67. The molecule has 7 heteroatoms. The lowest BCUT2D eigenvalue weighted by atomic mass is 9.93. The lowest BCUT2D eigenvalue weighted by Gasteiger charge is -2.28. The van der Waals surface area contributed by atoms with Crippen LogP contribution in [0.3, 0.4) is 0 Å². The van der Waals surface area contributed by atoms with Gasteiger partial charge in [0.15, 0.2) is 0 Å². The van der Waals surface area contributed by atoms with Crippen molar-refractivity contribution in [2.75, 3.05) is 18.5 Å². The Balaban J connectivity index is 3.21. The fourth-order valence-corrected chi connectivity index (χ4v) is 1.67.